The van der Waals surface area contributed by atoms with Crippen LogP contribution in [0.5, 0.6) is 0 Å². The number of halogens is 2. The number of carbonyl (C=O) groups excluding carboxylic acids is 2. The van der Waals surface area contributed by atoms with E-state index in [2.05, 4.69) is 9.98 Å². The lowest BCUT2D eigenvalue weighted by Crippen LogP contribution is -2.33. The number of esters is 1. The molecule has 4 aromatic rings. The second kappa shape index (κ2) is 10.6. The molecule has 0 aliphatic carbocycles. The van der Waals surface area contributed by atoms with Gasteiger partial charge in [0.05, 0.1) is 12.0 Å². The summed E-state index contributed by atoms with van der Waals surface area (Å²) in [5.74, 6) is -4.31. The van der Waals surface area contributed by atoms with E-state index in [0.29, 0.717) is 18.7 Å². The van der Waals surface area contributed by atoms with Gasteiger partial charge in [0.1, 0.15) is 34.1 Å². The Hall–Kier alpha value is -4.25. The maximum absolute atomic E-state index is 14.3. The molecule has 0 N–H and O–H groups in total. The van der Waals surface area contributed by atoms with E-state index in [1.807, 2.05) is 0 Å². The standard InChI is InChI=1S/C25H22F2N4O5/c1-3-36-25(34)16-14-15-21(28-19-10-4-5-11-30(19)24(15)33)31(12-7-13-35-2)22(16)29-23(32)20-17(26)8-6-9-18(20)27/h4-6,8-11,14H,3,7,12-13H2,1-2H3. The summed E-state index contributed by atoms with van der Waals surface area (Å²) in [4.78, 5) is 47.7. The van der Waals surface area contributed by atoms with E-state index < -0.39 is 34.6 Å². The van der Waals surface area contributed by atoms with Crippen molar-refractivity contribution in [1.29, 1.82) is 0 Å². The van der Waals surface area contributed by atoms with E-state index in [4.69, 9.17) is 9.47 Å². The zero-order valence-corrected chi connectivity index (χ0v) is 19.5. The molecule has 4 rings (SSSR count). The third-order valence-electron chi connectivity index (χ3n) is 5.40. The number of amides is 1. The Labute approximate surface area is 203 Å². The van der Waals surface area contributed by atoms with Crippen molar-refractivity contribution in [3.63, 3.8) is 0 Å². The minimum Gasteiger partial charge on any atom is -0.462 e. The Morgan fingerprint density at radius 2 is 1.86 bits per heavy atom. The van der Waals surface area contributed by atoms with Crippen molar-refractivity contribution in [2.45, 2.75) is 19.9 Å². The van der Waals surface area contributed by atoms with Gasteiger partial charge >= 0.3 is 5.97 Å². The lowest BCUT2D eigenvalue weighted by molar-refractivity contribution is 0.0523. The van der Waals surface area contributed by atoms with Crippen molar-refractivity contribution in [3.05, 3.63) is 87.3 Å². The van der Waals surface area contributed by atoms with Crippen LogP contribution in [-0.4, -0.2) is 46.2 Å². The molecule has 9 nitrogen and oxygen atoms in total. The van der Waals surface area contributed by atoms with Gasteiger partial charge in [-0.2, -0.15) is 4.99 Å². The molecule has 0 unspecified atom stereocenters. The van der Waals surface area contributed by atoms with Crippen molar-refractivity contribution in [1.82, 2.24) is 14.0 Å². The van der Waals surface area contributed by atoms with Gasteiger partial charge < -0.3 is 14.0 Å². The summed E-state index contributed by atoms with van der Waals surface area (Å²) < 4.78 is 41.6. The van der Waals surface area contributed by atoms with Crippen molar-refractivity contribution in [2.24, 2.45) is 4.99 Å². The molecule has 3 aromatic heterocycles. The van der Waals surface area contributed by atoms with Crippen LogP contribution in [0.15, 0.2) is 58.4 Å². The SMILES string of the molecule is CCOC(=O)c1cc2c(=O)n3ccccc3nc2n(CCCOC)c1=NC(=O)c1c(F)cccc1F. The number of carbonyl (C=O) groups is 2. The highest BCUT2D eigenvalue weighted by Gasteiger charge is 2.22. The Morgan fingerprint density at radius 1 is 1.11 bits per heavy atom. The number of pyridine rings is 2. The molecule has 1 amide bonds. The first kappa shape index (κ1) is 24.9. The fourth-order valence-electron chi connectivity index (χ4n) is 3.79. The summed E-state index contributed by atoms with van der Waals surface area (Å²) in [6.45, 7) is 2.02. The third-order valence-corrected chi connectivity index (χ3v) is 5.40. The molecule has 0 saturated heterocycles. The first-order chi connectivity index (χ1) is 17.4. The smallest absolute Gasteiger partial charge is 0.341 e. The molecule has 0 bridgehead atoms. The fourth-order valence-corrected chi connectivity index (χ4v) is 3.79. The number of aromatic nitrogens is 3. The Bertz CT molecular complexity index is 1590. The van der Waals surface area contributed by atoms with Gasteiger partial charge in [0.15, 0.2) is 5.49 Å². The number of ether oxygens (including phenoxy) is 2. The quantitative estimate of drug-likeness (QED) is 0.221. The minimum absolute atomic E-state index is 0.00479. The van der Waals surface area contributed by atoms with Gasteiger partial charge in [-0.15, -0.1) is 0 Å². The van der Waals surface area contributed by atoms with E-state index in [0.717, 1.165) is 18.2 Å². The molecule has 0 radical (unpaired) electrons. The molecule has 0 aliphatic heterocycles. The van der Waals surface area contributed by atoms with Crippen LogP contribution < -0.4 is 11.0 Å². The summed E-state index contributed by atoms with van der Waals surface area (Å²) in [6, 6.07) is 9.20. The van der Waals surface area contributed by atoms with Crippen molar-refractivity contribution < 1.29 is 27.8 Å². The highest BCUT2D eigenvalue weighted by molar-refractivity contribution is 5.97. The van der Waals surface area contributed by atoms with Crippen LogP contribution in [0.1, 0.15) is 34.1 Å². The number of hydrogen-bond donors (Lipinski definition) is 0. The van der Waals surface area contributed by atoms with Crippen molar-refractivity contribution in [2.75, 3.05) is 20.3 Å². The monoisotopic (exact) mass is 496 g/mol. The van der Waals surface area contributed by atoms with Crippen LogP contribution >= 0.6 is 0 Å². The summed E-state index contributed by atoms with van der Waals surface area (Å²) in [5.41, 5.74) is -1.34. The van der Waals surface area contributed by atoms with E-state index >= 15 is 0 Å². The topological polar surface area (TPSA) is 104 Å². The summed E-state index contributed by atoms with van der Waals surface area (Å²) in [7, 11) is 1.51. The summed E-state index contributed by atoms with van der Waals surface area (Å²) in [5, 5.41) is 0.0719. The van der Waals surface area contributed by atoms with Gasteiger partial charge in [0, 0.05) is 26.5 Å². The average Bonchev–Trinajstić information content (AvgIpc) is 2.85. The van der Waals surface area contributed by atoms with E-state index in [9.17, 15) is 23.2 Å². The first-order valence-electron chi connectivity index (χ1n) is 11.1. The normalized spacial score (nSPS) is 11.8. The molecule has 3 heterocycles. The Balaban J connectivity index is 2.12. The zero-order valence-electron chi connectivity index (χ0n) is 19.5. The first-order valence-corrected chi connectivity index (χ1v) is 11.1. The maximum Gasteiger partial charge on any atom is 0.341 e. The number of hydrogen-bond acceptors (Lipinski definition) is 6. The Morgan fingerprint density at radius 3 is 2.56 bits per heavy atom. The molecular formula is C25H22F2N4O5. The lowest BCUT2D eigenvalue weighted by atomic mass is 10.1. The Kier molecular flexibility index (Phi) is 7.30. The fraction of sp³-hybridized carbons (Fsp3) is 0.240. The average molecular weight is 496 g/mol. The largest absolute Gasteiger partial charge is 0.462 e. The molecule has 0 fully saturated rings. The van der Waals surface area contributed by atoms with E-state index in [1.54, 1.807) is 25.1 Å². The van der Waals surface area contributed by atoms with Crippen molar-refractivity contribution >= 4 is 28.6 Å². The molecule has 1 aromatic carbocycles. The van der Waals surface area contributed by atoms with Gasteiger partial charge in [0.2, 0.25) is 0 Å². The number of rotatable bonds is 7. The number of aryl methyl sites for hydroxylation is 1. The van der Waals surface area contributed by atoms with Crippen LogP contribution in [0.25, 0.3) is 16.7 Å². The highest BCUT2D eigenvalue weighted by atomic mass is 19.1. The lowest BCUT2D eigenvalue weighted by Gasteiger charge is -2.15. The number of methoxy groups -OCH3 is 1. The predicted octanol–water partition coefficient (Wildman–Crippen LogP) is 2.88. The van der Waals surface area contributed by atoms with E-state index in [-0.39, 0.29) is 35.2 Å². The second-order valence-corrected chi connectivity index (χ2v) is 7.70. The minimum atomic E-state index is -1.24. The van der Waals surface area contributed by atoms with Gasteiger partial charge in [0.25, 0.3) is 11.5 Å². The van der Waals surface area contributed by atoms with Gasteiger partial charge in [-0.3, -0.25) is 14.0 Å². The van der Waals surface area contributed by atoms with Crippen LogP contribution in [0.3, 0.4) is 0 Å². The van der Waals surface area contributed by atoms with Gasteiger partial charge in [-0.25, -0.2) is 18.6 Å². The highest BCUT2D eigenvalue weighted by Crippen LogP contribution is 2.15. The van der Waals surface area contributed by atoms with Gasteiger partial charge in [-0.1, -0.05) is 12.1 Å². The summed E-state index contributed by atoms with van der Waals surface area (Å²) >= 11 is 0. The number of nitrogens with zero attached hydrogens (tertiary/aromatic N) is 4. The third kappa shape index (κ3) is 4.65. The van der Waals surface area contributed by atoms with Crippen LogP contribution in [0.4, 0.5) is 8.78 Å². The second-order valence-electron chi connectivity index (χ2n) is 7.70. The molecule has 36 heavy (non-hydrogen) atoms. The molecule has 11 heteroatoms. The number of fused-ring (bicyclic) bond motifs is 2. The maximum atomic E-state index is 14.3. The molecule has 0 aliphatic rings. The number of benzene rings is 1. The molecule has 0 saturated carbocycles. The van der Waals surface area contributed by atoms with Crippen molar-refractivity contribution in [3.8, 4) is 0 Å². The molecule has 0 atom stereocenters. The molecule has 186 valence electrons. The molecular weight excluding hydrogens is 474 g/mol. The van der Waals surface area contributed by atoms with Crippen LogP contribution in [-0.2, 0) is 16.0 Å². The van der Waals surface area contributed by atoms with Gasteiger partial charge in [-0.05, 0) is 43.7 Å². The molecule has 0 spiro atoms. The summed E-state index contributed by atoms with van der Waals surface area (Å²) in [6.07, 6.45) is 1.93. The van der Waals surface area contributed by atoms with Crippen LogP contribution in [0, 0.1) is 11.6 Å². The predicted molar refractivity (Wildman–Crippen MR) is 126 cm³/mol. The zero-order chi connectivity index (χ0) is 25.8. The van der Waals surface area contributed by atoms with E-state index in [1.165, 1.54) is 28.3 Å². The van der Waals surface area contributed by atoms with Crippen LogP contribution in [0.2, 0.25) is 0 Å².